The van der Waals surface area contributed by atoms with Crippen LogP contribution in [0.15, 0.2) is 53.7 Å². The van der Waals surface area contributed by atoms with Gasteiger partial charge in [-0.15, -0.1) is 5.10 Å². The number of halogens is 1. The van der Waals surface area contributed by atoms with Crippen molar-refractivity contribution in [2.45, 2.75) is 23.8 Å². The molecule has 132 valence electrons. The maximum absolute atomic E-state index is 12.9. The molecule has 0 aliphatic carbocycles. The lowest BCUT2D eigenvalue weighted by atomic mass is 10.2. The van der Waals surface area contributed by atoms with Crippen LogP contribution in [0.3, 0.4) is 0 Å². The van der Waals surface area contributed by atoms with Crippen molar-refractivity contribution < 1.29 is 4.79 Å². The van der Waals surface area contributed by atoms with E-state index in [0.717, 1.165) is 24.2 Å². The van der Waals surface area contributed by atoms with Gasteiger partial charge < -0.3 is 4.90 Å². The van der Waals surface area contributed by atoms with Gasteiger partial charge in [0.2, 0.25) is 11.1 Å². The zero-order chi connectivity index (χ0) is 18.1. The number of nitrogens with one attached hydrogen (secondary N) is 1. The van der Waals surface area contributed by atoms with Crippen LogP contribution in [-0.4, -0.2) is 32.9 Å². The Morgan fingerprint density at radius 2 is 2.00 bits per heavy atom. The molecule has 1 atom stereocenters. The summed E-state index contributed by atoms with van der Waals surface area (Å²) in [6.45, 7) is 2.62. The second-order valence-corrected chi connectivity index (χ2v) is 7.85. The largest absolute Gasteiger partial charge is 0.311 e. The van der Waals surface area contributed by atoms with E-state index in [9.17, 15) is 4.79 Å². The molecule has 2 heterocycles. The lowest BCUT2D eigenvalue weighted by Crippen LogP contribution is -2.35. The first-order chi connectivity index (χ1) is 12.6. The number of H-pyrrole nitrogens is 1. The molecule has 1 aliphatic rings. The fourth-order valence-corrected chi connectivity index (χ4v) is 3.94. The zero-order valence-corrected chi connectivity index (χ0v) is 15.7. The van der Waals surface area contributed by atoms with E-state index in [2.05, 4.69) is 21.2 Å². The van der Waals surface area contributed by atoms with Crippen LogP contribution in [0.4, 0.5) is 5.69 Å². The summed E-state index contributed by atoms with van der Waals surface area (Å²) in [4.78, 5) is 19.2. The smallest absolute Gasteiger partial charge is 0.240 e. The molecule has 1 aliphatic heterocycles. The molecule has 4 rings (SSSR count). The van der Waals surface area contributed by atoms with Crippen molar-refractivity contribution in [3.05, 3.63) is 59.1 Å². The minimum Gasteiger partial charge on any atom is -0.311 e. The number of anilines is 1. The van der Waals surface area contributed by atoms with Crippen LogP contribution >= 0.6 is 23.4 Å². The number of carbonyl (C=O) groups excluding carboxylic acids is 1. The normalized spacial score (nSPS) is 14.3. The zero-order valence-electron chi connectivity index (χ0n) is 14.1. The average molecular weight is 385 g/mol. The highest BCUT2D eigenvalue weighted by Gasteiger charge is 2.29. The first-order valence-electron chi connectivity index (χ1n) is 8.36. The number of aromatic nitrogens is 3. The highest BCUT2D eigenvalue weighted by molar-refractivity contribution is 8.00. The van der Waals surface area contributed by atoms with Crippen molar-refractivity contribution in [1.82, 2.24) is 15.2 Å². The summed E-state index contributed by atoms with van der Waals surface area (Å²) in [7, 11) is 0. The predicted octanol–water partition coefficient (Wildman–Crippen LogP) is 4.20. The number of amides is 1. The molecule has 0 saturated carbocycles. The minimum atomic E-state index is -0.268. The number of hydrogen-bond donors (Lipinski definition) is 1. The van der Waals surface area contributed by atoms with Crippen molar-refractivity contribution in [2.75, 3.05) is 11.4 Å². The Balaban J connectivity index is 1.46. The monoisotopic (exact) mass is 384 g/mol. The molecule has 7 heteroatoms. The van der Waals surface area contributed by atoms with E-state index in [-0.39, 0.29) is 11.2 Å². The third kappa shape index (κ3) is 3.34. The quantitative estimate of drug-likeness (QED) is 0.685. The number of thioether (sulfide) groups is 1. The van der Waals surface area contributed by atoms with Crippen LogP contribution in [0.25, 0.3) is 11.4 Å². The first-order valence-corrected chi connectivity index (χ1v) is 9.62. The van der Waals surface area contributed by atoms with E-state index >= 15 is 0 Å². The molecule has 2 aromatic carbocycles. The van der Waals surface area contributed by atoms with Crippen LogP contribution < -0.4 is 4.90 Å². The average Bonchev–Trinajstić information content (AvgIpc) is 3.29. The van der Waals surface area contributed by atoms with Gasteiger partial charge in [0, 0.05) is 22.8 Å². The van der Waals surface area contributed by atoms with Gasteiger partial charge >= 0.3 is 0 Å². The summed E-state index contributed by atoms with van der Waals surface area (Å²) in [5.41, 5.74) is 3.14. The Labute approximate surface area is 160 Å². The molecule has 5 nitrogen and oxygen atoms in total. The molecule has 0 spiro atoms. The Bertz CT molecular complexity index is 941. The van der Waals surface area contributed by atoms with Gasteiger partial charge in [0.25, 0.3) is 0 Å². The molecule has 26 heavy (non-hydrogen) atoms. The molecule has 0 saturated heterocycles. The minimum absolute atomic E-state index is 0.0813. The van der Waals surface area contributed by atoms with Crippen molar-refractivity contribution >= 4 is 35.0 Å². The van der Waals surface area contributed by atoms with Crippen LogP contribution in [0.5, 0.6) is 0 Å². The number of para-hydroxylation sites is 1. The predicted molar refractivity (Wildman–Crippen MR) is 105 cm³/mol. The van der Waals surface area contributed by atoms with Crippen molar-refractivity contribution in [1.29, 1.82) is 0 Å². The molecule has 1 N–H and O–H groups in total. The van der Waals surface area contributed by atoms with Gasteiger partial charge in [-0.3, -0.25) is 9.89 Å². The first kappa shape index (κ1) is 17.1. The van der Waals surface area contributed by atoms with Gasteiger partial charge in [-0.05, 0) is 49.2 Å². The van der Waals surface area contributed by atoms with Gasteiger partial charge in [-0.1, -0.05) is 41.6 Å². The summed E-state index contributed by atoms with van der Waals surface area (Å²) in [5.74, 6) is 0.744. The fourth-order valence-electron chi connectivity index (χ4n) is 3.03. The van der Waals surface area contributed by atoms with Crippen LogP contribution in [-0.2, 0) is 11.2 Å². The molecular formula is C19H17ClN4OS. The third-order valence-electron chi connectivity index (χ3n) is 4.37. The maximum Gasteiger partial charge on any atom is 0.240 e. The number of benzene rings is 2. The van der Waals surface area contributed by atoms with Crippen LogP contribution in [0.2, 0.25) is 5.02 Å². The number of nitrogens with zero attached hydrogens (tertiary/aromatic N) is 3. The van der Waals surface area contributed by atoms with E-state index in [1.54, 1.807) is 0 Å². The van der Waals surface area contributed by atoms with Gasteiger partial charge in [0.1, 0.15) is 0 Å². The summed E-state index contributed by atoms with van der Waals surface area (Å²) in [6.07, 6.45) is 0.903. The fraction of sp³-hybridized carbons (Fsp3) is 0.211. The van der Waals surface area contributed by atoms with E-state index in [1.807, 2.05) is 54.3 Å². The topological polar surface area (TPSA) is 61.9 Å². The van der Waals surface area contributed by atoms with Crippen molar-refractivity contribution in [2.24, 2.45) is 0 Å². The Kier molecular flexibility index (Phi) is 4.70. The SMILES string of the molecule is CC(Sc1n[nH]c(-c2ccc(Cl)cc2)n1)C(=O)N1CCc2ccccc21. The number of hydrogen-bond acceptors (Lipinski definition) is 4. The van der Waals surface area contributed by atoms with Gasteiger partial charge in [-0.2, -0.15) is 0 Å². The molecular weight excluding hydrogens is 368 g/mol. The molecule has 0 fully saturated rings. The molecule has 0 radical (unpaired) electrons. The molecule has 1 unspecified atom stereocenters. The Morgan fingerprint density at radius 3 is 2.81 bits per heavy atom. The molecule has 1 aromatic heterocycles. The second-order valence-electron chi connectivity index (χ2n) is 6.10. The van der Waals surface area contributed by atoms with Crippen molar-refractivity contribution in [3.63, 3.8) is 0 Å². The number of rotatable bonds is 4. The van der Waals surface area contributed by atoms with Gasteiger partial charge in [0.15, 0.2) is 5.82 Å². The van der Waals surface area contributed by atoms with E-state index in [1.165, 1.54) is 17.3 Å². The Morgan fingerprint density at radius 1 is 1.23 bits per heavy atom. The Hall–Kier alpha value is -2.31. The number of fused-ring (bicyclic) bond motifs is 1. The standard InChI is InChI=1S/C19H17ClN4OS/c1-12(18(25)24-11-10-13-4-2-3-5-16(13)24)26-19-21-17(22-23-19)14-6-8-15(20)9-7-14/h2-9,12H,10-11H2,1H3,(H,21,22,23). The summed E-state index contributed by atoms with van der Waals surface area (Å²) >= 11 is 7.27. The maximum atomic E-state index is 12.9. The summed E-state index contributed by atoms with van der Waals surface area (Å²) in [6, 6.07) is 15.4. The van der Waals surface area contributed by atoms with Gasteiger partial charge in [-0.25, -0.2) is 4.98 Å². The summed E-state index contributed by atoms with van der Waals surface area (Å²) < 4.78 is 0. The number of aromatic amines is 1. The van der Waals surface area contributed by atoms with E-state index in [4.69, 9.17) is 11.6 Å². The molecule has 1 amide bonds. The summed E-state index contributed by atoms with van der Waals surface area (Å²) in [5, 5.41) is 8.12. The van der Waals surface area contributed by atoms with E-state index < -0.39 is 0 Å². The lowest BCUT2D eigenvalue weighted by molar-refractivity contribution is -0.117. The highest BCUT2D eigenvalue weighted by atomic mass is 35.5. The van der Waals surface area contributed by atoms with Crippen LogP contribution in [0.1, 0.15) is 12.5 Å². The lowest BCUT2D eigenvalue weighted by Gasteiger charge is -2.20. The molecule has 0 bridgehead atoms. The second kappa shape index (κ2) is 7.13. The van der Waals surface area contributed by atoms with Crippen LogP contribution in [0, 0.1) is 0 Å². The van der Waals surface area contributed by atoms with Gasteiger partial charge in [0.05, 0.1) is 5.25 Å². The van der Waals surface area contributed by atoms with Crippen molar-refractivity contribution in [3.8, 4) is 11.4 Å². The van der Waals surface area contributed by atoms with E-state index in [0.29, 0.717) is 16.0 Å². The molecule has 3 aromatic rings. The highest BCUT2D eigenvalue weighted by Crippen LogP contribution is 2.31. The third-order valence-corrected chi connectivity index (χ3v) is 5.57. The number of carbonyl (C=O) groups is 1.